The maximum atomic E-state index is 13.2. The van der Waals surface area contributed by atoms with Gasteiger partial charge in [-0.15, -0.1) is 24.0 Å². The summed E-state index contributed by atoms with van der Waals surface area (Å²) in [7, 11) is 5.88. The fourth-order valence-electron chi connectivity index (χ4n) is 2.63. The van der Waals surface area contributed by atoms with Crippen molar-refractivity contribution in [2.45, 2.75) is 19.5 Å². The smallest absolute Gasteiger partial charge is 0.191 e. The quantitative estimate of drug-likeness (QED) is 0.370. The second-order valence-electron chi connectivity index (χ2n) is 6.29. The molecule has 2 rings (SSSR count). The molecule has 0 atom stereocenters. The van der Waals surface area contributed by atoms with Crippen LogP contribution in [0.25, 0.3) is 0 Å². The molecule has 0 aliphatic rings. The Labute approximate surface area is 172 Å². The van der Waals surface area contributed by atoms with E-state index in [4.69, 9.17) is 0 Å². The van der Waals surface area contributed by atoms with E-state index in [1.165, 1.54) is 17.2 Å². The maximum Gasteiger partial charge on any atom is 0.191 e. The van der Waals surface area contributed by atoms with Crippen LogP contribution in [-0.2, 0) is 19.5 Å². The van der Waals surface area contributed by atoms with E-state index in [0.29, 0.717) is 13.1 Å². The van der Waals surface area contributed by atoms with Crippen LogP contribution in [0.2, 0.25) is 0 Å². The second-order valence-corrected chi connectivity index (χ2v) is 6.29. The number of nitrogens with one attached hydrogen (secondary N) is 2. The molecule has 0 fully saturated rings. The number of hydrogen-bond acceptors (Lipinski definition) is 2. The van der Waals surface area contributed by atoms with E-state index in [1.807, 2.05) is 6.07 Å². The summed E-state index contributed by atoms with van der Waals surface area (Å²) in [6.45, 7) is 2.33. The van der Waals surface area contributed by atoms with Crippen LogP contribution in [0.5, 0.6) is 0 Å². The van der Waals surface area contributed by atoms with E-state index >= 15 is 0 Å². The first-order valence-electron chi connectivity index (χ1n) is 8.48. The number of rotatable bonds is 7. The standard InChI is InChI=1S/C20H27FN4.HI/c1-22-20(23-11-10-16-6-5-9-19(21)13-16)24-14-17-7-4-8-18(12-17)15-25(2)3;/h4-9,12-13H,10-11,14-15H2,1-3H3,(H2,22,23,24);1H. The Morgan fingerprint density at radius 3 is 2.38 bits per heavy atom. The molecule has 0 spiro atoms. The van der Waals surface area contributed by atoms with Crippen LogP contribution in [0.15, 0.2) is 53.5 Å². The zero-order valence-corrected chi connectivity index (χ0v) is 18.0. The van der Waals surface area contributed by atoms with Crippen molar-refractivity contribution >= 4 is 29.9 Å². The van der Waals surface area contributed by atoms with Gasteiger partial charge >= 0.3 is 0 Å². The normalized spacial score (nSPS) is 11.2. The largest absolute Gasteiger partial charge is 0.356 e. The highest BCUT2D eigenvalue weighted by Gasteiger charge is 2.01. The van der Waals surface area contributed by atoms with E-state index in [9.17, 15) is 4.39 Å². The maximum absolute atomic E-state index is 13.2. The molecule has 0 aliphatic heterocycles. The van der Waals surface area contributed by atoms with E-state index in [0.717, 1.165) is 24.5 Å². The van der Waals surface area contributed by atoms with Crippen molar-refractivity contribution in [1.82, 2.24) is 15.5 Å². The van der Waals surface area contributed by atoms with E-state index in [-0.39, 0.29) is 29.8 Å². The van der Waals surface area contributed by atoms with Crippen molar-refractivity contribution in [2.24, 2.45) is 4.99 Å². The third-order valence-corrected chi connectivity index (χ3v) is 3.77. The van der Waals surface area contributed by atoms with E-state index in [1.54, 1.807) is 19.2 Å². The molecular formula is C20H28FIN4. The Bertz CT molecular complexity index is 704. The van der Waals surface area contributed by atoms with Crippen LogP contribution in [0.1, 0.15) is 16.7 Å². The zero-order valence-electron chi connectivity index (χ0n) is 15.6. The first-order valence-corrected chi connectivity index (χ1v) is 8.48. The van der Waals surface area contributed by atoms with Crippen LogP contribution in [0.3, 0.4) is 0 Å². The molecule has 0 radical (unpaired) electrons. The van der Waals surface area contributed by atoms with Gasteiger partial charge in [-0.2, -0.15) is 0 Å². The number of halogens is 2. The summed E-state index contributed by atoms with van der Waals surface area (Å²) in [5.41, 5.74) is 3.48. The molecule has 4 nitrogen and oxygen atoms in total. The van der Waals surface area contributed by atoms with Crippen molar-refractivity contribution in [3.63, 3.8) is 0 Å². The van der Waals surface area contributed by atoms with Crippen LogP contribution >= 0.6 is 24.0 Å². The molecule has 0 aromatic heterocycles. The molecule has 0 heterocycles. The minimum Gasteiger partial charge on any atom is -0.356 e. The lowest BCUT2D eigenvalue weighted by molar-refractivity contribution is 0.402. The van der Waals surface area contributed by atoms with Gasteiger partial charge in [-0.25, -0.2) is 4.39 Å². The van der Waals surface area contributed by atoms with Gasteiger partial charge in [-0.1, -0.05) is 36.4 Å². The third kappa shape index (κ3) is 8.14. The van der Waals surface area contributed by atoms with Gasteiger partial charge in [0.15, 0.2) is 5.96 Å². The molecule has 0 saturated carbocycles. The lowest BCUT2D eigenvalue weighted by Crippen LogP contribution is -2.37. The van der Waals surface area contributed by atoms with Crippen molar-refractivity contribution in [3.05, 3.63) is 71.0 Å². The first kappa shape index (κ1) is 22.4. The Kier molecular flexibility index (Phi) is 10.2. The van der Waals surface area contributed by atoms with Gasteiger partial charge in [0.2, 0.25) is 0 Å². The fraction of sp³-hybridized carbons (Fsp3) is 0.350. The zero-order chi connectivity index (χ0) is 18.1. The Balaban J connectivity index is 0.00000338. The van der Waals surface area contributed by atoms with Crippen molar-refractivity contribution in [1.29, 1.82) is 0 Å². The van der Waals surface area contributed by atoms with Gasteiger partial charge in [-0.05, 0) is 49.3 Å². The SMILES string of the molecule is CN=C(NCCc1cccc(F)c1)NCc1cccc(CN(C)C)c1.I. The van der Waals surface area contributed by atoms with Crippen LogP contribution in [0, 0.1) is 5.82 Å². The molecule has 0 unspecified atom stereocenters. The minimum absolute atomic E-state index is 0. The van der Waals surface area contributed by atoms with E-state index < -0.39 is 0 Å². The molecule has 0 amide bonds. The summed E-state index contributed by atoms with van der Waals surface area (Å²) >= 11 is 0. The molecule has 0 bridgehead atoms. The van der Waals surface area contributed by atoms with Gasteiger partial charge in [-0.3, -0.25) is 4.99 Å². The molecule has 2 aromatic carbocycles. The fourth-order valence-corrected chi connectivity index (χ4v) is 2.63. The highest BCUT2D eigenvalue weighted by atomic mass is 127. The molecule has 0 aliphatic carbocycles. The summed E-state index contributed by atoms with van der Waals surface area (Å²) in [6.07, 6.45) is 0.747. The van der Waals surface area contributed by atoms with Crippen LogP contribution in [-0.4, -0.2) is 38.5 Å². The predicted molar refractivity (Wildman–Crippen MR) is 118 cm³/mol. The van der Waals surface area contributed by atoms with Crippen molar-refractivity contribution in [2.75, 3.05) is 27.7 Å². The topological polar surface area (TPSA) is 39.7 Å². The number of nitrogens with zero attached hydrogens (tertiary/aromatic N) is 2. The average molecular weight is 470 g/mol. The van der Waals surface area contributed by atoms with Crippen molar-refractivity contribution in [3.8, 4) is 0 Å². The van der Waals surface area contributed by atoms with Gasteiger partial charge < -0.3 is 15.5 Å². The summed E-state index contributed by atoms with van der Waals surface area (Å²) in [5.74, 6) is 0.548. The first-order chi connectivity index (χ1) is 12.1. The van der Waals surface area contributed by atoms with Crippen LogP contribution < -0.4 is 10.6 Å². The van der Waals surface area contributed by atoms with Gasteiger partial charge in [0.1, 0.15) is 5.82 Å². The average Bonchev–Trinajstić information content (AvgIpc) is 2.58. The second kappa shape index (κ2) is 11.9. The third-order valence-electron chi connectivity index (χ3n) is 3.77. The number of benzene rings is 2. The summed E-state index contributed by atoms with van der Waals surface area (Å²) in [5, 5.41) is 6.58. The molecule has 142 valence electrons. The molecule has 0 saturated heterocycles. The number of guanidine groups is 1. The van der Waals surface area contributed by atoms with Crippen molar-refractivity contribution < 1.29 is 4.39 Å². The highest BCUT2D eigenvalue weighted by Crippen LogP contribution is 2.07. The summed E-state index contributed by atoms with van der Waals surface area (Å²) < 4.78 is 13.2. The number of aliphatic imine (C=N–C) groups is 1. The van der Waals surface area contributed by atoms with Gasteiger partial charge in [0.05, 0.1) is 0 Å². The van der Waals surface area contributed by atoms with E-state index in [2.05, 4.69) is 58.9 Å². The van der Waals surface area contributed by atoms with Gasteiger partial charge in [0, 0.05) is 26.7 Å². The van der Waals surface area contributed by atoms with Gasteiger partial charge in [0.25, 0.3) is 0 Å². The predicted octanol–water partition coefficient (Wildman–Crippen LogP) is 3.41. The molecule has 6 heteroatoms. The number of hydrogen-bond donors (Lipinski definition) is 2. The minimum atomic E-state index is -0.197. The monoisotopic (exact) mass is 470 g/mol. The molecular weight excluding hydrogens is 442 g/mol. The summed E-state index contributed by atoms with van der Waals surface area (Å²) in [4.78, 5) is 6.39. The summed E-state index contributed by atoms with van der Waals surface area (Å²) in [6, 6.07) is 15.2. The Morgan fingerprint density at radius 1 is 1.00 bits per heavy atom. The van der Waals surface area contributed by atoms with Crippen LogP contribution in [0.4, 0.5) is 4.39 Å². The Hall–Kier alpha value is -1.67. The lowest BCUT2D eigenvalue weighted by Gasteiger charge is -2.14. The lowest BCUT2D eigenvalue weighted by atomic mass is 10.1. The molecule has 2 aromatic rings. The molecule has 26 heavy (non-hydrogen) atoms. The highest BCUT2D eigenvalue weighted by molar-refractivity contribution is 14.0. The molecule has 2 N–H and O–H groups in total. The Morgan fingerprint density at radius 2 is 1.69 bits per heavy atom.